The molecular formula is C12H20F3NO2. The molecule has 0 aromatic carbocycles. The average molecular weight is 267 g/mol. The number of alkyl halides is 3. The van der Waals surface area contributed by atoms with Crippen molar-refractivity contribution in [3.8, 4) is 0 Å². The predicted octanol–water partition coefficient (Wildman–Crippen LogP) is 2.65. The van der Waals surface area contributed by atoms with Crippen LogP contribution in [0.5, 0.6) is 0 Å². The summed E-state index contributed by atoms with van der Waals surface area (Å²) < 4.78 is 41.2. The lowest BCUT2D eigenvalue weighted by molar-refractivity contribution is -0.144. The van der Waals surface area contributed by atoms with Crippen LogP contribution in [0.4, 0.5) is 13.2 Å². The lowest BCUT2D eigenvalue weighted by Crippen LogP contribution is -2.45. The second-order valence-corrected chi connectivity index (χ2v) is 4.88. The Hall–Kier alpha value is -0.780. The molecule has 0 bridgehead atoms. The number of nitrogens with one attached hydrogen (secondary N) is 1. The van der Waals surface area contributed by atoms with Gasteiger partial charge in [-0.1, -0.05) is 6.42 Å². The Bertz CT molecular complexity index is 275. The van der Waals surface area contributed by atoms with Gasteiger partial charge in [-0.05, 0) is 19.8 Å². The van der Waals surface area contributed by atoms with Crippen LogP contribution >= 0.6 is 0 Å². The monoisotopic (exact) mass is 267 g/mol. The van der Waals surface area contributed by atoms with Crippen LogP contribution in [0.3, 0.4) is 0 Å². The van der Waals surface area contributed by atoms with Crippen LogP contribution in [-0.4, -0.2) is 31.8 Å². The minimum Gasteiger partial charge on any atom is -0.381 e. The molecule has 0 heterocycles. The molecule has 0 atom stereocenters. The van der Waals surface area contributed by atoms with E-state index >= 15 is 0 Å². The summed E-state index contributed by atoms with van der Waals surface area (Å²) in [5.41, 5.74) is -0.0517. The van der Waals surface area contributed by atoms with Crippen LogP contribution in [-0.2, 0) is 9.53 Å². The minimum atomic E-state index is -4.27. The number of rotatable bonds is 7. The van der Waals surface area contributed by atoms with Crippen molar-refractivity contribution in [3.63, 3.8) is 0 Å². The van der Waals surface area contributed by atoms with Crippen molar-refractivity contribution in [1.29, 1.82) is 0 Å². The van der Waals surface area contributed by atoms with E-state index in [1.165, 1.54) is 0 Å². The molecule has 0 unspecified atom stereocenters. The third-order valence-electron chi connectivity index (χ3n) is 3.32. The normalized spacial score (nSPS) is 18.2. The Balaban J connectivity index is 2.24. The van der Waals surface area contributed by atoms with Crippen LogP contribution < -0.4 is 5.32 Å². The highest BCUT2D eigenvalue weighted by Crippen LogP contribution is 2.40. The summed E-state index contributed by atoms with van der Waals surface area (Å²) in [5, 5.41) is 2.59. The van der Waals surface area contributed by atoms with E-state index in [0.29, 0.717) is 19.8 Å². The van der Waals surface area contributed by atoms with Gasteiger partial charge >= 0.3 is 6.18 Å². The lowest BCUT2D eigenvalue weighted by Gasteiger charge is -2.41. The Morgan fingerprint density at radius 3 is 2.50 bits per heavy atom. The maximum Gasteiger partial charge on any atom is 0.389 e. The second-order valence-electron chi connectivity index (χ2n) is 4.88. The van der Waals surface area contributed by atoms with Gasteiger partial charge in [-0.25, -0.2) is 0 Å². The SMILES string of the molecule is CCOCC1(CNC(=O)CCC(F)(F)F)CCC1. The molecule has 1 N–H and O–H groups in total. The fraction of sp³-hybridized carbons (Fsp3) is 0.917. The van der Waals surface area contributed by atoms with E-state index in [1.54, 1.807) is 0 Å². The highest BCUT2D eigenvalue weighted by Gasteiger charge is 2.37. The molecule has 0 radical (unpaired) electrons. The van der Waals surface area contributed by atoms with Crippen LogP contribution in [0, 0.1) is 5.41 Å². The summed E-state index contributed by atoms with van der Waals surface area (Å²) in [5.74, 6) is -0.532. The van der Waals surface area contributed by atoms with Gasteiger partial charge < -0.3 is 10.1 Å². The molecule has 1 amide bonds. The van der Waals surface area contributed by atoms with E-state index in [0.717, 1.165) is 19.3 Å². The zero-order chi connectivity index (χ0) is 13.6. The van der Waals surface area contributed by atoms with Gasteiger partial charge in [0, 0.05) is 25.0 Å². The van der Waals surface area contributed by atoms with Gasteiger partial charge in [0.1, 0.15) is 0 Å². The van der Waals surface area contributed by atoms with Gasteiger partial charge in [-0.2, -0.15) is 13.2 Å². The van der Waals surface area contributed by atoms with Crippen molar-refractivity contribution >= 4 is 5.91 Å². The van der Waals surface area contributed by atoms with Crippen molar-refractivity contribution < 1.29 is 22.7 Å². The summed E-state index contributed by atoms with van der Waals surface area (Å²) >= 11 is 0. The number of carbonyl (C=O) groups excluding carboxylic acids is 1. The van der Waals surface area contributed by atoms with Crippen LogP contribution in [0.25, 0.3) is 0 Å². The van der Waals surface area contributed by atoms with E-state index in [4.69, 9.17) is 4.74 Å². The highest BCUT2D eigenvalue weighted by atomic mass is 19.4. The smallest absolute Gasteiger partial charge is 0.381 e. The molecule has 6 heteroatoms. The van der Waals surface area contributed by atoms with Crippen molar-refractivity contribution in [2.75, 3.05) is 19.8 Å². The fourth-order valence-electron chi connectivity index (χ4n) is 2.00. The molecule has 1 fully saturated rings. The topological polar surface area (TPSA) is 38.3 Å². The Morgan fingerprint density at radius 1 is 1.39 bits per heavy atom. The standard InChI is InChI=1S/C12H20F3NO2/c1-2-18-9-11(5-3-6-11)8-16-10(17)4-7-12(13,14)15/h2-9H2,1H3,(H,16,17). The summed E-state index contributed by atoms with van der Waals surface area (Å²) in [7, 11) is 0. The third-order valence-corrected chi connectivity index (χ3v) is 3.32. The van der Waals surface area contributed by atoms with Crippen molar-refractivity contribution in [2.45, 2.75) is 45.2 Å². The van der Waals surface area contributed by atoms with Gasteiger partial charge in [-0.15, -0.1) is 0 Å². The minimum absolute atomic E-state index is 0.0517. The zero-order valence-corrected chi connectivity index (χ0v) is 10.6. The molecule has 106 valence electrons. The molecule has 1 saturated carbocycles. The molecule has 18 heavy (non-hydrogen) atoms. The quantitative estimate of drug-likeness (QED) is 0.770. The molecule has 0 aromatic rings. The maximum absolute atomic E-state index is 11.9. The Morgan fingerprint density at radius 2 is 2.06 bits per heavy atom. The van der Waals surface area contributed by atoms with E-state index < -0.39 is 24.9 Å². The largest absolute Gasteiger partial charge is 0.389 e. The predicted molar refractivity (Wildman–Crippen MR) is 61.1 cm³/mol. The van der Waals surface area contributed by atoms with E-state index in [2.05, 4.69) is 5.32 Å². The maximum atomic E-state index is 11.9. The molecule has 1 aliphatic rings. The van der Waals surface area contributed by atoms with Crippen molar-refractivity contribution in [3.05, 3.63) is 0 Å². The summed E-state index contributed by atoms with van der Waals surface area (Å²) in [4.78, 5) is 11.3. The Kier molecular flexibility index (Phi) is 5.44. The number of amides is 1. The molecule has 1 rings (SSSR count). The van der Waals surface area contributed by atoms with E-state index in [9.17, 15) is 18.0 Å². The first-order chi connectivity index (χ1) is 8.37. The van der Waals surface area contributed by atoms with E-state index in [1.807, 2.05) is 6.92 Å². The number of hydrogen-bond donors (Lipinski definition) is 1. The van der Waals surface area contributed by atoms with Crippen LogP contribution in [0.15, 0.2) is 0 Å². The Labute approximate surface area is 105 Å². The van der Waals surface area contributed by atoms with Gasteiger partial charge in [0.2, 0.25) is 5.91 Å². The van der Waals surface area contributed by atoms with Crippen LogP contribution in [0.2, 0.25) is 0 Å². The van der Waals surface area contributed by atoms with Gasteiger partial charge in [-0.3, -0.25) is 4.79 Å². The van der Waals surface area contributed by atoms with Gasteiger partial charge in [0.05, 0.1) is 13.0 Å². The zero-order valence-electron chi connectivity index (χ0n) is 10.6. The number of hydrogen-bond acceptors (Lipinski definition) is 2. The first kappa shape index (κ1) is 15.3. The van der Waals surface area contributed by atoms with Gasteiger partial charge in [0.25, 0.3) is 0 Å². The molecule has 0 saturated heterocycles. The third kappa shape index (κ3) is 5.25. The summed E-state index contributed by atoms with van der Waals surface area (Å²) in [6.07, 6.45) is -2.80. The summed E-state index contributed by atoms with van der Waals surface area (Å²) in [6.45, 7) is 3.50. The molecule has 3 nitrogen and oxygen atoms in total. The number of halogens is 3. The summed E-state index contributed by atoms with van der Waals surface area (Å²) in [6, 6.07) is 0. The molecular weight excluding hydrogens is 247 g/mol. The van der Waals surface area contributed by atoms with Crippen LogP contribution in [0.1, 0.15) is 39.0 Å². The lowest BCUT2D eigenvalue weighted by atomic mass is 9.69. The average Bonchev–Trinajstić information content (AvgIpc) is 2.23. The van der Waals surface area contributed by atoms with Crippen molar-refractivity contribution in [2.24, 2.45) is 5.41 Å². The molecule has 0 spiro atoms. The number of ether oxygens (including phenoxy) is 1. The van der Waals surface area contributed by atoms with E-state index in [-0.39, 0.29) is 5.41 Å². The van der Waals surface area contributed by atoms with Crippen molar-refractivity contribution in [1.82, 2.24) is 5.32 Å². The molecule has 0 aromatic heterocycles. The second kappa shape index (κ2) is 6.41. The first-order valence-electron chi connectivity index (χ1n) is 6.28. The number of carbonyl (C=O) groups is 1. The molecule has 0 aliphatic heterocycles. The van der Waals surface area contributed by atoms with Gasteiger partial charge in [0.15, 0.2) is 0 Å². The fourth-order valence-corrected chi connectivity index (χ4v) is 2.00. The first-order valence-corrected chi connectivity index (χ1v) is 6.28. The molecule has 1 aliphatic carbocycles. The highest BCUT2D eigenvalue weighted by molar-refractivity contribution is 5.75.